The topological polar surface area (TPSA) is 115 Å². The second kappa shape index (κ2) is 6.44. The molecule has 0 atom stereocenters. The third-order valence-electron chi connectivity index (χ3n) is 3.89. The summed E-state index contributed by atoms with van der Waals surface area (Å²) in [4.78, 5) is 36.0. The van der Waals surface area contributed by atoms with E-state index in [9.17, 15) is 14.4 Å². The van der Waals surface area contributed by atoms with Crippen LogP contribution in [-0.2, 0) is 0 Å². The Balaban J connectivity index is 1.77. The van der Waals surface area contributed by atoms with Crippen LogP contribution in [0.4, 0.5) is 5.69 Å². The van der Waals surface area contributed by atoms with Crippen molar-refractivity contribution in [3.63, 3.8) is 0 Å². The molecule has 1 aliphatic rings. The number of nitrogens with one attached hydrogen (secondary N) is 1. The zero-order valence-corrected chi connectivity index (χ0v) is 15.0. The van der Waals surface area contributed by atoms with Crippen LogP contribution in [-0.4, -0.2) is 23.8 Å². The molecule has 136 valence electrons. The van der Waals surface area contributed by atoms with Gasteiger partial charge in [0.05, 0.1) is 11.1 Å². The van der Waals surface area contributed by atoms with Gasteiger partial charge in [0.1, 0.15) is 0 Å². The minimum absolute atomic E-state index is 0.0304. The van der Waals surface area contributed by atoms with Gasteiger partial charge in [0.25, 0.3) is 5.91 Å². The van der Waals surface area contributed by atoms with Crippen molar-refractivity contribution < 1.29 is 28.6 Å². The third kappa shape index (κ3) is 3.13. The number of carboxylic acid groups (broad SMARTS) is 1. The van der Waals surface area contributed by atoms with Crippen LogP contribution < -0.4 is 20.2 Å². The number of ether oxygens (including phenoxy) is 2. The lowest BCUT2D eigenvalue weighted by Crippen LogP contribution is -2.14. The van der Waals surface area contributed by atoms with Crippen LogP contribution in [0.3, 0.4) is 0 Å². The van der Waals surface area contributed by atoms with E-state index in [0.717, 1.165) is 6.07 Å². The molecule has 0 spiro atoms. The number of hydrogen-bond acceptors (Lipinski definition) is 6. The van der Waals surface area contributed by atoms with Crippen molar-refractivity contribution in [2.45, 2.75) is 0 Å². The van der Waals surface area contributed by atoms with Crippen LogP contribution in [0.5, 0.6) is 11.5 Å². The summed E-state index contributed by atoms with van der Waals surface area (Å²) in [6.07, 6.45) is 0. The zero-order chi connectivity index (χ0) is 19.1. The average molecular weight is 432 g/mol. The van der Waals surface area contributed by atoms with Crippen LogP contribution in [0.2, 0.25) is 0 Å². The van der Waals surface area contributed by atoms with E-state index in [4.69, 9.17) is 19.0 Å². The minimum Gasteiger partial charge on any atom is -0.475 e. The highest BCUT2D eigenvalue weighted by molar-refractivity contribution is 9.10. The number of hydrogen-bond donors (Lipinski definition) is 2. The Hall–Kier alpha value is -3.33. The Kier molecular flexibility index (Phi) is 4.08. The summed E-state index contributed by atoms with van der Waals surface area (Å²) in [6, 6.07) is 8.59. The van der Waals surface area contributed by atoms with Gasteiger partial charge >= 0.3 is 5.97 Å². The molecular weight excluding hydrogens is 422 g/mol. The van der Waals surface area contributed by atoms with Crippen LogP contribution >= 0.6 is 15.9 Å². The molecule has 2 aromatic carbocycles. The first-order chi connectivity index (χ1) is 12.9. The number of amides is 1. The molecule has 8 nitrogen and oxygen atoms in total. The van der Waals surface area contributed by atoms with Crippen molar-refractivity contribution in [2.24, 2.45) is 0 Å². The predicted molar refractivity (Wildman–Crippen MR) is 97.7 cm³/mol. The van der Waals surface area contributed by atoms with Crippen molar-refractivity contribution in [3.8, 4) is 11.5 Å². The monoisotopic (exact) mass is 431 g/mol. The minimum atomic E-state index is -1.38. The summed E-state index contributed by atoms with van der Waals surface area (Å²) in [7, 11) is 0. The van der Waals surface area contributed by atoms with Gasteiger partial charge in [-0.15, -0.1) is 0 Å². The molecule has 3 aromatic rings. The Morgan fingerprint density at radius 2 is 1.85 bits per heavy atom. The highest BCUT2D eigenvalue weighted by atomic mass is 79.9. The van der Waals surface area contributed by atoms with Gasteiger partial charge in [-0.2, -0.15) is 0 Å². The third-order valence-corrected chi connectivity index (χ3v) is 4.34. The second-order valence-electron chi connectivity index (χ2n) is 5.63. The summed E-state index contributed by atoms with van der Waals surface area (Å²) in [5.41, 5.74) is -0.114. The molecule has 2 heterocycles. The molecule has 0 aliphatic carbocycles. The number of halogens is 1. The largest absolute Gasteiger partial charge is 0.475 e. The Bertz CT molecular complexity index is 1170. The van der Waals surface area contributed by atoms with Crippen molar-refractivity contribution in [2.75, 3.05) is 12.1 Å². The van der Waals surface area contributed by atoms with Crippen molar-refractivity contribution >= 4 is 44.5 Å². The number of aromatic carboxylic acids is 1. The van der Waals surface area contributed by atoms with Gasteiger partial charge in [-0.1, -0.05) is 15.9 Å². The molecule has 9 heteroatoms. The molecule has 1 aliphatic heterocycles. The van der Waals surface area contributed by atoms with Crippen LogP contribution in [0.15, 0.2) is 50.1 Å². The number of rotatable bonds is 3. The summed E-state index contributed by atoms with van der Waals surface area (Å²) >= 11 is 3.27. The fraction of sp³-hybridized carbons (Fsp3) is 0.0556. The van der Waals surface area contributed by atoms with Crippen molar-refractivity contribution in [1.29, 1.82) is 0 Å². The van der Waals surface area contributed by atoms with Crippen LogP contribution in [0.1, 0.15) is 20.9 Å². The standard InChI is InChI=1S/C18H10BrNO7/c19-9-4-10-12(21)6-15(18(23)24)27-16(10)11(5-9)20-17(22)8-1-2-13-14(3-8)26-7-25-13/h1-6H,7H2,(H,20,22)(H,23,24). The van der Waals surface area contributed by atoms with Gasteiger partial charge in [0.15, 0.2) is 22.5 Å². The molecule has 0 fully saturated rings. The van der Waals surface area contributed by atoms with Gasteiger partial charge in [-0.3, -0.25) is 9.59 Å². The zero-order valence-electron chi connectivity index (χ0n) is 13.4. The van der Waals surface area contributed by atoms with E-state index in [0.29, 0.717) is 21.5 Å². The highest BCUT2D eigenvalue weighted by Crippen LogP contribution is 2.33. The van der Waals surface area contributed by atoms with E-state index in [2.05, 4.69) is 21.2 Å². The molecule has 0 bridgehead atoms. The molecular formula is C18H10BrNO7. The molecule has 27 heavy (non-hydrogen) atoms. The average Bonchev–Trinajstić information content (AvgIpc) is 3.09. The quantitative estimate of drug-likeness (QED) is 0.653. The van der Waals surface area contributed by atoms with Crippen molar-refractivity contribution in [1.82, 2.24) is 0 Å². The van der Waals surface area contributed by atoms with Gasteiger partial charge < -0.3 is 24.3 Å². The number of carbonyl (C=O) groups excluding carboxylic acids is 1. The van der Waals surface area contributed by atoms with E-state index >= 15 is 0 Å². The predicted octanol–water partition coefficient (Wildman–Crippen LogP) is 3.23. The Morgan fingerprint density at radius 1 is 1.07 bits per heavy atom. The Morgan fingerprint density at radius 3 is 2.63 bits per heavy atom. The number of anilines is 1. The lowest BCUT2D eigenvalue weighted by Gasteiger charge is -2.10. The normalized spacial score (nSPS) is 12.2. The number of carboxylic acids is 1. The summed E-state index contributed by atoms with van der Waals surface area (Å²) < 4.78 is 16.3. The van der Waals surface area contributed by atoms with Crippen LogP contribution in [0.25, 0.3) is 11.0 Å². The fourth-order valence-electron chi connectivity index (χ4n) is 2.65. The molecule has 1 amide bonds. The number of carbonyl (C=O) groups is 2. The number of fused-ring (bicyclic) bond motifs is 2. The van der Waals surface area contributed by atoms with Crippen LogP contribution in [0, 0.1) is 0 Å². The van der Waals surface area contributed by atoms with E-state index in [-0.39, 0.29) is 23.4 Å². The summed E-state index contributed by atoms with van der Waals surface area (Å²) in [5.74, 6) is -1.41. The van der Waals surface area contributed by atoms with Crippen molar-refractivity contribution in [3.05, 3.63) is 62.4 Å². The molecule has 0 saturated heterocycles. The smallest absolute Gasteiger partial charge is 0.371 e. The maximum atomic E-state index is 12.6. The highest BCUT2D eigenvalue weighted by Gasteiger charge is 2.19. The molecule has 0 unspecified atom stereocenters. The van der Waals surface area contributed by atoms with Gasteiger partial charge in [-0.25, -0.2) is 4.79 Å². The molecule has 0 radical (unpaired) electrons. The summed E-state index contributed by atoms with van der Waals surface area (Å²) in [5, 5.41) is 11.9. The van der Waals surface area contributed by atoms with Gasteiger partial charge in [-0.05, 0) is 30.3 Å². The maximum absolute atomic E-state index is 12.6. The van der Waals surface area contributed by atoms with Gasteiger partial charge in [0, 0.05) is 16.1 Å². The first-order valence-electron chi connectivity index (χ1n) is 7.64. The summed E-state index contributed by atoms with van der Waals surface area (Å²) in [6.45, 7) is 0.0831. The maximum Gasteiger partial charge on any atom is 0.371 e. The SMILES string of the molecule is O=C(Nc1cc(Br)cc2c(=O)cc(C(=O)O)oc12)c1ccc2c(c1)OCO2. The molecule has 2 N–H and O–H groups in total. The first kappa shape index (κ1) is 17.1. The number of benzene rings is 2. The van der Waals surface area contributed by atoms with E-state index < -0.39 is 23.1 Å². The lowest BCUT2D eigenvalue weighted by molar-refractivity contribution is 0.0663. The molecule has 1 aromatic heterocycles. The van der Waals surface area contributed by atoms with Gasteiger partial charge in [0.2, 0.25) is 12.6 Å². The Labute approximate surface area is 159 Å². The fourth-order valence-corrected chi connectivity index (χ4v) is 3.11. The van der Waals surface area contributed by atoms with E-state index in [1.807, 2.05) is 0 Å². The molecule has 4 rings (SSSR count). The first-order valence-corrected chi connectivity index (χ1v) is 8.43. The lowest BCUT2D eigenvalue weighted by atomic mass is 10.1. The second-order valence-corrected chi connectivity index (χ2v) is 6.55. The van der Waals surface area contributed by atoms with E-state index in [1.165, 1.54) is 18.2 Å². The van der Waals surface area contributed by atoms with E-state index in [1.54, 1.807) is 12.1 Å². The molecule has 0 saturated carbocycles.